The molecule has 1 heterocycles. The maximum absolute atomic E-state index is 11.5. The molecule has 3 atom stereocenters. The molecule has 1 saturated heterocycles. The summed E-state index contributed by atoms with van der Waals surface area (Å²) in [5, 5.41) is 3.05. The second-order valence-electron chi connectivity index (χ2n) is 6.25. The molecule has 0 spiro atoms. The number of hydrogen-bond donors (Lipinski definition) is 1. The van der Waals surface area contributed by atoms with Gasteiger partial charge in [0.25, 0.3) is 0 Å². The van der Waals surface area contributed by atoms with E-state index in [2.05, 4.69) is 31.3 Å². The quantitative estimate of drug-likeness (QED) is 0.928. The molecule has 1 unspecified atom stereocenters. The first kappa shape index (κ1) is 16.0. The van der Waals surface area contributed by atoms with Gasteiger partial charge in [0.15, 0.2) is 0 Å². The fourth-order valence-electron chi connectivity index (χ4n) is 3.22. The average Bonchev–Trinajstić information content (AvgIpc) is 2.46. The van der Waals surface area contributed by atoms with Crippen LogP contribution in [-0.2, 0) is 14.3 Å². The van der Waals surface area contributed by atoms with E-state index in [0.29, 0.717) is 6.61 Å². The fraction of sp³-hybridized carbons (Fsp3) is 0.588. The molecule has 1 aliphatic rings. The van der Waals surface area contributed by atoms with Gasteiger partial charge in [-0.2, -0.15) is 0 Å². The Morgan fingerprint density at radius 3 is 2.57 bits per heavy atom. The van der Waals surface area contributed by atoms with E-state index in [1.165, 1.54) is 5.56 Å². The number of ether oxygens (including phenoxy) is 2. The normalized spacial score (nSPS) is 26.4. The zero-order valence-corrected chi connectivity index (χ0v) is 13.3. The number of hydrogen-bond acceptors (Lipinski definition) is 3. The maximum atomic E-state index is 11.5. The Balaban J connectivity index is 2.18. The number of carbonyl (C=O) groups excluding carboxylic acids is 1. The van der Waals surface area contributed by atoms with Crippen molar-refractivity contribution in [3.8, 4) is 0 Å². The van der Waals surface area contributed by atoms with Crippen molar-refractivity contribution in [3.63, 3.8) is 0 Å². The lowest BCUT2D eigenvalue weighted by atomic mass is 9.77. The van der Waals surface area contributed by atoms with Gasteiger partial charge in [-0.05, 0) is 25.8 Å². The van der Waals surface area contributed by atoms with Gasteiger partial charge < -0.3 is 14.8 Å². The van der Waals surface area contributed by atoms with Crippen LogP contribution in [0.2, 0.25) is 0 Å². The van der Waals surface area contributed by atoms with Crippen molar-refractivity contribution in [1.82, 2.24) is 5.32 Å². The van der Waals surface area contributed by atoms with E-state index >= 15 is 0 Å². The van der Waals surface area contributed by atoms with Gasteiger partial charge in [0.05, 0.1) is 18.8 Å². The summed E-state index contributed by atoms with van der Waals surface area (Å²) in [7, 11) is 1.70. The monoisotopic (exact) mass is 291 g/mol. The fourth-order valence-corrected chi connectivity index (χ4v) is 3.22. The van der Waals surface area contributed by atoms with Crippen LogP contribution >= 0.6 is 0 Å². The highest BCUT2D eigenvalue weighted by atomic mass is 16.5. The Morgan fingerprint density at radius 1 is 1.33 bits per heavy atom. The standard InChI is InChI=1S/C17H25NO3/c1-12(19)18-17(2,3)14-10-15(21-11-16(14)20-4)13-8-6-5-7-9-13/h5-9,14-16H,10-11H2,1-4H3,(H,18,19)/t14-,15?,16-/m0/s1. The minimum absolute atomic E-state index is 0.00758. The highest BCUT2D eigenvalue weighted by Crippen LogP contribution is 2.38. The Labute approximate surface area is 126 Å². The Bertz CT molecular complexity index is 472. The number of nitrogens with one attached hydrogen (secondary N) is 1. The molecule has 1 amide bonds. The second-order valence-corrected chi connectivity index (χ2v) is 6.25. The first-order valence-corrected chi connectivity index (χ1v) is 7.42. The Kier molecular flexibility index (Phi) is 5.01. The topological polar surface area (TPSA) is 47.6 Å². The molecule has 4 heteroatoms. The van der Waals surface area contributed by atoms with Crippen molar-refractivity contribution in [3.05, 3.63) is 35.9 Å². The van der Waals surface area contributed by atoms with Gasteiger partial charge in [-0.1, -0.05) is 30.3 Å². The summed E-state index contributed by atoms with van der Waals surface area (Å²) in [4.78, 5) is 11.5. The van der Waals surface area contributed by atoms with Crippen molar-refractivity contribution in [2.45, 2.75) is 44.9 Å². The average molecular weight is 291 g/mol. The molecule has 0 bridgehead atoms. The molecule has 4 nitrogen and oxygen atoms in total. The third kappa shape index (κ3) is 3.83. The van der Waals surface area contributed by atoms with Crippen LogP contribution in [0.25, 0.3) is 0 Å². The largest absolute Gasteiger partial charge is 0.379 e. The van der Waals surface area contributed by atoms with Gasteiger partial charge in [-0.3, -0.25) is 4.79 Å². The van der Waals surface area contributed by atoms with E-state index in [9.17, 15) is 4.79 Å². The highest BCUT2D eigenvalue weighted by molar-refractivity contribution is 5.73. The van der Waals surface area contributed by atoms with Crippen LogP contribution in [0.3, 0.4) is 0 Å². The van der Waals surface area contributed by atoms with Gasteiger partial charge in [0.1, 0.15) is 0 Å². The number of benzene rings is 1. The van der Waals surface area contributed by atoms with Crippen LogP contribution < -0.4 is 5.32 Å². The van der Waals surface area contributed by atoms with Gasteiger partial charge in [-0.15, -0.1) is 0 Å². The third-order valence-corrected chi connectivity index (χ3v) is 4.28. The van der Waals surface area contributed by atoms with Crippen LogP contribution in [0.15, 0.2) is 30.3 Å². The lowest BCUT2D eigenvalue weighted by Gasteiger charge is -2.44. The third-order valence-electron chi connectivity index (χ3n) is 4.28. The van der Waals surface area contributed by atoms with Crippen LogP contribution in [0, 0.1) is 5.92 Å². The van der Waals surface area contributed by atoms with Crippen LogP contribution in [-0.4, -0.2) is 31.3 Å². The van der Waals surface area contributed by atoms with Gasteiger partial charge in [0, 0.05) is 25.5 Å². The molecule has 116 valence electrons. The number of amides is 1. The summed E-state index contributed by atoms with van der Waals surface area (Å²) in [6, 6.07) is 10.2. The Hall–Kier alpha value is -1.39. The van der Waals surface area contributed by atoms with E-state index in [1.54, 1.807) is 14.0 Å². The highest BCUT2D eigenvalue weighted by Gasteiger charge is 2.41. The lowest BCUT2D eigenvalue weighted by molar-refractivity contribution is -0.134. The number of methoxy groups -OCH3 is 1. The molecule has 1 fully saturated rings. The second kappa shape index (κ2) is 6.58. The van der Waals surface area contributed by atoms with E-state index in [0.717, 1.165) is 6.42 Å². The van der Waals surface area contributed by atoms with E-state index in [1.807, 2.05) is 18.2 Å². The molecule has 1 N–H and O–H groups in total. The van der Waals surface area contributed by atoms with Gasteiger partial charge >= 0.3 is 0 Å². The zero-order valence-electron chi connectivity index (χ0n) is 13.3. The molecule has 2 rings (SSSR count). The van der Waals surface area contributed by atoms with Crippen molar-refractivity contribution >= 4 is 5.91 Å². The molecule has 1 aromatic rings. The van der Waals surface area contributed by atoms with Crippen molar-refractivity contribution in [2.24, 2.45) is 5.92 Å². The summed E-state index contributed by atoms with van der Waals surface area (Å²) in [5.74, 6) is 0.183. The maximum Gasteiger partial charge on any atom is 0.217 e. The molecule has 0 aliphatic carbocycles. The molecular weight excluding hydrogens is 266 g/mol. The van der Waals surface area contributed by atoms with E-state index in [4.69, 9.17) is 9.47 Å². The van der Waals surface area contributed by atoms with Crippen molar-refractivity contribution < 1.29 is 14.3 Å². The minimum atomic E-state index is -0.330. The predicted molar refractivity (Wildman–Crippen MR) is 81.9 cm³/mol. The molecule has 1 aromatic carbocycles. The summed E-state index contributed by atoms with van der Waals surface area (Å²) in [5.41, 5.74) is 0.847. The number of rotatable bonds is 4. The predicted octanol–water partition coefficient (Wildman–Crippen LogP) is 2.69. The van der Waals surface area contributed by atoms with Gasteiger partial charge in [-0.25, -0.2) is 0 Å². The van der Waals surface area contributed by atoms with E-state index in [-0.39, 0.29) is 29.6 Å². The van der Waals surface area contributed by atoms with Crippen molar-refractivity contribution in [1.29, 1.82) is 0 Å². The van der Waals surface area contributed by atoms with Crippen LogP contribution in [0.4, 0.5) is 0 Å². The molecule has 0 saturated carbocycles. The molecule has 21 heavy (non-hydrogen) atoms. The SMILES string of the molecule is CO[C@H]1COC(c2ccccc2)C[C@@H]1C(C)(C)NC(C)=O. The van der Waals surface area contributed by atoms with Gasteiger partial charge in [0.2, 0.25) is 5.91 Å². The Morgan fingerprint density at radius 2 is 2.00 bits per heavy atom. The molecular formula is C17H25NO3. The zero-order chi connectivity index (χ0) is 15.5. The van der Waals surface area contributed by atoms with Crippen molar-refractivity contribution in [2.75, 3.05) is 13.7 Å². The summed E-state index contributed by atoms with van der Waals surface area (Å²) < 4.78 is 11.5. The van der Waals surface area contributed by atoms with Crippen LogP contribution in [0.5, 0.6) is 0 Å². The molecule has 0 radical (unpaired) electrons. The summed E-state index contributed by atoms with van der Waals surface area (Å²) in [6.45, 7) is 6.21. The lowest BCUT2D eigenvalue weighted by Crippen LogP contribution is -2.55. The summed E-state index contributed by atoms with van der Waals surface area (Å²) in [6.07, 6.45) is 0.873. The first-order valence-electron chi connectivity index (χ1n) is 7.42. The molecule has 1 aliphatic heterocycles. The van der Waals surface area contributed by atoms with E-state index < -0.39 is 0 Å². The first-order chi connectivity index (χ1) is 9.94. The van der Waals surface area contributed by atoms with Crippen LogP contribution in [0.1, 0.15) is 38.9 Å². The molecule has 0 aromatic heterocycles. The smallest absolute Gasteiger partial charge is 0.217 e. The minimum Gasteiger partial charge on any atom is -0.379 e. The summed E-state index contributed by atoms with van der Waals surface area (Å²) >= 11 is 0. The number of carbonyl (C=O) groups is 1.